The van der Waals surface area contributed by atoms with Crippen molar-refractivity contribution in [3.05, 3.63) is 0 Å². The van der Waals surface area contributed by atoms with E-state index in [9.17, 15) is 5.11 Å². The van der Waals surface area contributed by atoms with E-state index in [-0.39, 0.29) is 17.0 Å². The second kappa shape index (κ2) is 16.8. The van der Waals surface area contributed by atoms with Crippen LogP contribution in [0.2, 0.25) is 0 Å². The topological polar surface area (TPSA) is 20.2 Å². The van der Waals surface area contributed by atoms with Gasteiger partial charge in [0.15, 0.2) is 0 Å². The first-order chi connectivity index (χ1) is 9.74. The monoisotopic (exact) mass is 365 g/mol. The second-order valence-electron chi connectivity index (χ2n) is 6.43. The van der Waals surface area contributed by atoms with Gasteiger partial charge in [0.25, 0.3) is 0 Å². The molecule has 2 nitrogen and oxygen atoms in total. The number of quaternary nitrogens is 1. The maximum absolute atomic E-state index is 9.23. The van der Waals surface area contributed by atoms with Crippen LogP contribution >= 0.6 is 0 Å². The van der Waals surface area contributed by atoms with Gasteiger partial charge in [-0.1, -0.05) is 46.5 Å². The number of rotatable bonds is 15. The Balaban J connectivity index is 0. The summed E-state index contributed by atoms with van der Waals surface area (Å²) in [6.45, 7) is 12.4. The SMILES string of the molecule is CCCCCC[N+](CCCC)(CCCO)CCCCC.[Br-]. The number of hydrogen-bond acceptors (Lipinski definition) is 1. The number of unbranched alkanes of at least 4 members (excludes halogenated alkanes) is 6. The van der Waals surface area contributed by atoms with Gasteiger partial charge < -0.3 is 26.6 Å². The number of aliphatic hydroxyl groups is 1. The summed E-state index contributed by atoms with van der Waals surface area (Å²) in [4.78, 5) is 0. The molecule has 21 heavy (non-hydrogen) atoms. The second-order valence-corrected chi connectivity index (χ2v) is 6.43. The Bertz CT molecular complexity index is 192. The predicted octanol–water partition coefficient (Wildman–Crippen LogP) is 1.76. The highest BCUT2D eigenvalue weighted by atomic mass is 79.9. The van der Waals surface area contributed by atoms with E-state index >= 15 is 0 Å². The lowest BCUT2D eigenvalue weighted by Gasteiger charge is -2.39. The van der Waals surface area contributed by atoms with Gasteiger partial charge in [0, 0.05) is 13.0 Å². The normalized spacial score (nSPS) is 13.7. The zero-order valence-electron chi connectivity index (χ0n) is 14.9. The largest absolute Gasteiger partial charge is 1.00 e. The molecule has 0 radical (unpaired) electrons. The number of hydrogen-bond donors (Lipinski definition) is 1. The minimum atomic E-state index is 0. The van der Waals surface area contributed by atoms with Crippen molar-refractivity contribution in [3.63, 3.8) is 0 Å². The minimum Gasteiger partial charge on any atom is -1.00 e. The molecule has 0 aromatic heterocycles. The molecular weight excluding hydrogens is 326 g/mol. The lowest BCUT2D eigenvalue weighted by Crippen LogP contribution is -3.00. The third-order valence-corrected chi connectivity index (χ3v) is 4.50. The van der Waals surface area contributed by atoms with Crippen LogP contribution in [-0.2, 0) is 0 Å². The van der Waals surface area contributed by atoms with Gasteiger partial charge in [-0.05, 0) is 32.1 Å². The molecule has 1 unspecified atom stereocenters. The third-order valence-electron chi connectivity index (χ3n) is 4.50. The zero-order chi connectivity index (χ0) is 15.1. The van der Waals surface area contributed by atoms with Gasteiger partial charge in [0.2, 0.25) is 0 Å². The van der Waals surface area contributed by atoms with Crippen molar-refractivity contribution in [2.24, 2.45) is 0 Å². The number of halogens is 1. The third kappa shape index (κ3) is 12.6. The molecule has 0 aliphatic carbocycles. The lowest BCUT2D eigenvalue weighted by molar-refractivity contribution is -0.929. The molecule has 1 atom stereocenters. The summed E-state index contributed by atoms with van der Waals surface area (Å²) in [5.74, 6) is 0. The van der Waals surface area contributed by atoms with Gasteiger partial charge in [0.1, 0.15) is 0 Å². The Labute approximate surface area is 144 Å². The smallest absolute Gasteiger partial charge is 0.0808 e. The molecule has 0 bridgehead atoms. The molecular formula is C18H40BrNO. The molecule has 0 spiro atoms. The summed E-state index contributed by atoms with van der Waals surface area (Å²) >= 11 is 0. The Hall–Kier alpha value is 0.400. The van der Waals surface area contributed by atoms with Crippen molar-refractivity contribution >= 4 is 0 Å². The van der Waals surface area contributed by atoms with Gasteiger partial charge in [-0.25, -0.2) is 0 Å². The van der Waals surface area contributed by atoms with Crippen molar-refractivity contribution < 1.29 is 26.6 Å². The van der Waals surface area contributed by atoms with Crippen LogP contribution in [-0.4, -0.2) is 42.4 Å². The number of aliphatic hydroxyl groups excluding tert-OH is 1. The van der Waals surface area contributed by atoms with Crippen molar-refractivity contribution in [3.8, 4) is 0 Å². The predicted molar refractivity (Wildman–Crippen MR) is 90.0 cm³/mol. The lowest BCUT2D eigenvalue weighted by atomic mass is 10.1. The first-order valence-corrected chi connectivity index (χ1v) is 9.20. The Morgan fingerprint density at radius 3 is 1.52 bits per heavy atom. The highest BCUT2D eigenvalue weighted by molar-refractivity contribution is 4.51. The van der Waals surface area contributed by atoms with E-state index in [2.05, 4.69) is 20.8 Å². The molecule has 0 heterocycles. The summed E-state index contributed by atoms with van der Waals surface area (Å²) in [6, 6.07) is 0. The van der Waals surface area contributed by atoms with Crippen LogP contribution in [0.4, 0.5) is 0 Å². The van der Waals surface area contributed by atoms with Gasteiger partial charge in [-0.15, -0.1) is 0 Å². The van der Waals surface area contributed by atoms with Gasteiger partial charge in [-0.3, -0.25) is 0 Å². The van der Waals surface area contributed by atoms with E-state index in [1.54, 1.807) is 0 Å². The van der Waals surface area contributed by atoms with Crippen LogP contribution < -0.4 is 17.0 Å². The van der Waals surface area contributed by atoms with Crippen LogP contribution in [0.25, 0.3) is 0 Å². The van der Waals surface area contributed by atoms with Crippen molar-refractivity contribution in [1.82, 2.24) is 0 Å². The van der Waals surface area contributed by atoms with E-state index in [0.29, 0.717) is 6.61 Å². The summed E-state index contributed by atoms with van der Waals surface area (Å²) < 4.78 is 1.28. The summed E-state index contributed by atoms with van der Waals surface area (Å²) in [5, 5.41) is 9.23. The van der Waals surface area contributed by atoms with Crippen LogP contribution in [0.5, 0.6) is 0 Å². The first kappa shape index (κ1) is 23.7. The van der Waals surface area contributed by atoms with Gasteiger partial charge in [-0.2, -0.15) is 0 Å². The Morgan fingerprint density at radius 1 is 0.571 bits per heavy atom. The molecule has 0 fully saturated rings. The summed E-state index contributed by atoms with van der Waals surface area (Å²) in [6.07, 6.45) is 13.1. The van der Waals surface area contributed by atoms with E-state index in [1.807, 2.05) is 0 Å². The maximum Gasteiger partial charge on any atom is 0.0808 e. The first-order valence-electron chi connectivity index (χ1n) is 9.20. The van der Waals surface area contributed by atoms with Gasteiger partial charge in [0.05, 0.1) is 26.2 Å². The molecule has 3 heteroatoms. The van der Waals surface area contributed by atoms with Crippen LogP contribution in [0.3, 0.4) is 0 Å². The fourth-order valence-corrected chi connectivity index (χ4v) is 3.14. The molecule has 0 saturated heterocycles. The molecule has 0 amide bonds. The van der Waals surface area contributed by atoms with Crippen molar-refractivity contribution in [1.29, 1.82) is 0 Å². The molecule has 0 saturated carbocycles. The molecule has 1 N–H and O–H groups in total. The molecule has 0 aliphatic rings. The standard InChI is InChI=1S/C18H40NO.BrH/c1-4-7-10-12-16-19(14-9-6-3,17-13-18-20)15-11-8-5-2;/h20H,4-18H2,1-3H3;1H/q+1;/p-1. The summed E-state index contributed by atoms with van der Waals surface area (Å²) in [5.41, 5.74) is 0. The summed E-state index contributed by atoms with van der Waals surface area (Å²) in [7, 11) is 0. The average Bonchev–Trinajstić information content (AvgIpc) is 2.47. The van der Waals surface area contributed by atoms with Crippen LogP contribution in [0.15, 0.2) is 0 Å². The Kier molecular flexibility index (Phi) is 18.9. The van der Waals surface area contributed by atoms with Gasteiger partial charge >= 0.3 is 0 Å². The molecule has 0 aromatic carbocycles. The fraction of sp³-hybridized carbons (Fsp3) is 1.00. The highest BCUT2D eigenvalue weighted by Gasteiger charge is 2.25. The van der Waals surface area contributed by atoms with Crippen LogP contribution in [0, 0.1) is 0 Å². The van der Waals surface area contributed by atoms with Crippen LogP contribution in [0.1, 0.15) is 85.0 Å². The fourth-order valence-electron chi connectivity index (χ4n) is 3.14. The molecule has 0 aromatic rings. The highest BCUT2D eigenvalue weighted by Crippen LogP contribution is 2.17. The zero-order valence-corrected chi connectivity index (χ0v) is 16.5. The average molecular weight is 366 g/mol. The molecule has 0 rings (SSSR count). The van der Waals surface area contributed by atoms with E-state index < -0.39 is 0 Å². The maximum atomic E-state index is 9.23. The van der Waals surface area contributed by atoms with E-state index in [0.717, 1.165) is 6.42 Å². The molecule has 130 valence electrons. The van der Waals surface area contributed by atoms with Crippen molar-refractivity contribution in [2.75, 3.05) is 32.8 Å². The van der Waals surface area contributed by atoms with E-state index in [1.165, 1.54) is 88.4 Å². The van der Waals surface area contributed by atoms with E-state index in [4.69, 9.17) is 0 Å². The minimum absolute atomic E-state index is 0. The molecule has 0 aliphatic heterocycles. The Morgan fingerprint density at radius 2 is 1.00 bits per heavy atom. The van der Waals surface area contributed by atoms with Crippen molar-refractivity contribution in [2.45, 2.75) is 85.0 Å². The quantitative estimate of drug-likeness (QED) is 0.346. The number of nitrogens with zero attached hydrogens (tertiary/aromatic N) is 1.